The lowest BCUT2D eigenvalue weighted by molar-refractivity contribution is 0.174. The van der Waals surface area contributed by atoms with Crippen LogP contribution >= 0.6 is 0 Å². The second kappa shape index (κ2) is 8.92. The number of nitrogens with zero attached hydrogens (tertiary/aromatic N) is 1. The van der Waals surface area contributed by atoms with Crippen LogP contribution in [-0.4, -0.2) is 44.1 Å². The van der Waals surface area contributed by atoms with Gasteiger partial charge in [-0.05, 0) is 49.8 Å². The summed E-state index contributed by atoms with van der Waals surface area (Å²) in [6.45, 7) is 2.30. The van der Waals surface area contributed by atoms with Gasteiger partial charge in [0.15, 0.2) is 17.5 Å². The van der Waals surface area contributed by atoms with Gasteiger partial charge < -0.3 is 30.9 Å². The first-order valence-corrected chi connectivity index (χ1v) is 9.04. The highest BCUT2D eigenvalue weighted by Gasteiger charge is 2.21. The van der Waals surface area contributed by atoms with Crippen molar-refractivity contribution in [3.8, 4) is 11.5 Å². The SMILES string of the molecule is NCC1CCCC(CN=C(NCCO)Nc2ccc3c(c2)OCO3)C1. The van der Waals surface area contributed by atoms with Gasteiger partial charge in [0.25, 0.3) is 0 Å². The van der Waals surface area contributed by atoms with E-state index < -0.39 is 0 Å². The summed E-state index contributed by atoms with van der Waals surface area (Å²) in [5.74, 6) is 3.35. The van der Waals surface area contributed by atoms with Crippen molar-refractivity contribution in [2.24, 2.45) is 22.6 Å². The minimum absolute atomic E-state index is 0.0561. The van der Waals surface area contributed by atoms with Crippen molar-refractivity contribution < 1.29 is 14.6 Å². The first-order valence-electron chi connectivity index (χ1n) is 9.04. The Morgan fingerprint density at radius 1 is 1.24 bits per heavy atom. The van der Waals surface area contributed by atoms with Crippen LogP contribution in [0.3, 0.4) is 0 Å². The van der Waals surface area contributed by atoms with Gasteiger partial charge in [-0.3, -0.25) is 4.99 Å². The number of hydrogen-bond donors (Lipinski definition) is 4. The summed E-state index contributed by atoms with van der Waals surface area (Å²) in [6.07, 6.45) is 4.83. The topological polar surface area (TPSA) is 101 Å². The largest absolute Gasteiger partial charge is 0.454 e. The van der Waals surface area contributed by atoms with Crippen molar-refractivity contribution in [3.63, 3.8) is 0 Å². The van der Waals surface area contributed by atoms with Gasteiger partial charge in [0, 0.05) is 24.8 Å². The Morgan fingerprint density at radius 3 is 2.92 bits per heavy atom. The third-order valence-corrected chi connectivity index (χ3v) is 4.77. The predicted octanol–water partition coefficient (Wildman–Crippen LogP) is 1.53. The molecule has 5 N–H and O–H groups in total. The zero-order chi connectivity index (χ0) is 17.5. The summed E-state index contributed by atoms with van der Waals surface area (Å²) < 4.78 is 10.7. The van der Waals surface area contributed by atoms with Crippen molar-refractivity contribution in [2.75, 3.05) is 38.4 Å². The smallest absolute Gasteiger partial charge is 0.231 e. The Labute approximate surface area is 148 Å². The molecule has 1 saturated carbocycles. The van der Waals surface area contributed by atoms with E-state index in [1.807, 2.05) is 18.2 Å². The molecule has 2 unspecified atom stereocenters. The number of rotatable bonds is 6. The first-order chi connectivity index (χ1) is 12.3. The number of hydrogen-bond acceptors (Lipinski definition) is 5. The van der Waals surface area contributed by atoms with Gasteiger partial charge in [0.05, 0.1) is 6.61 Å². The highest BCUT2D eigenvalue weighted by Crippen LogP contribution is 2.34. The van der Waals surface area contributed by atoms with Gasteiger partial charge in [-0.15, -0.1) is 0 Å². The van der Waals surface area contributed by atoms with E-state index in [0.29, 0.717) is 24.3 Å². The third kappa shape index (κ3) is 4.99. The van der Waals surface area contributed by atoms with Crippen LogP contribution in [-0.2, 0) is 0 Å². The highest BCUT2D eigenvalue weighted by atomic mass is 16.7. The number of aliphatic hydroxyl groups excluding tert-OH is 1. The lowest BCUT2D eigenvalue weighted by Crippen LogP contribution is -2.34. The van der Waals surface area contributed by atoms with E-state index in [1.165, 1.54) is 19.3 Å². The summed E-state index contributed by atoms with van der Waals surface area (Å²) in [7, 11) is 0. The number of aliphatic hydroxyl groups is 1. The Kier molecular flexibility index (Phi) is 6.36. The molecule has 25 heavy (non-hydrogen) atoms. The van der Waals surface area contributed by atoms with E-state index in [-0.39, 0.29) is 13.4 Å². The summed E-state index contributed by atoms with van der Waals surface area (Å²) in [5.41, 5.74) is 6.70. The minimum Gasteiger partial charge on any atom is -0.454 e. The Balaban J connectivity index is 1.62. The third-order valence-electron chi connectivity index (χ3n) is 4.77. The standard InChI is InChI=1S/C18H28N4O3/c19-10-13-2-1-3-14(8-13)11-21-18(20-6-7-23)22-15-4-5-16-17(9-15)25-12-24-16/h4-5,9,13-14,23H,1-3,6-8,10-12,19H2,(H2,20,21,22). The first kappa shape index (κ1) is 17.8. The summed E-state index contributed by atoms with van der Waals surface area (Å²) in [5, 5.41) is 15.5. The zero-order valence-electron chi connectivity index (χ0n) is 14.5. The van der Waals surface area contributed by atoms with Crippen LogP contribution < -0.4 is 25.8 Å². The van der Waals surface area contributed by atoms with Crippen molar-refractivity contribution in [1.82, 2.24) is 5.32 Å². The van der Waals surface area contributed by atoms with Crippen LogP contribution in [0.15, 0.2) is 23.2 Å². The maximum Gasteiger partial charge on any atom is 0.231 e. The van der Waals surface area contributed by atoms with Crippen LogP contribution in [0.25, 0.3) is 0 Å². The number of anilines is 1. The number of fused-ring (bicyclic) bond motifs is 1. The molecule has 1 fully saturated rings. The molecular weight excluding hydrogens is 320 g/mol. The van der Waals surface area contributed by atoms with E-state index in [9.17, 15) is 0 Å². The Hall–Kier alpha value is -1.99. The Bertz CT molecular complexity index is 594. The molecule has 0 amide bonds. The second-order valence-corrected chi connectivity index (χ2v) is 6.67. The second-order valence-electron chi connectivity index (χ2n) is 6.67. The fourth-order valence-corrected chi connectivity index (χ4v) is 3.43. The Morgan fingerprint density at radius 2 is 2.08 bits per heavy atom. The molecule has 2 atom stereocenters. The maximum atomic E-state index is 9.10. The normalized spacial score (nSPS) is 22.7. The number of ether oxygens (including phenoxy) is 2. The van der Waals surface area contributed by atoms with E-state index >= 15 is 0 Å². The monoisotopic (exact) mass is 348 g/mol. The molecule has 1 aromatic carbocycles. The summed E-state index contributed by atoms with van der Waals surface area (Å²) >= 11 is 0. The van der Waals surface area contributed by atoms with Crippen LogP contribution in [0, 0.1) is 11.8 Å². The van der Waals surface area contributed by atoms with Crippen molar-refractivity contribution in [2.45, 2.75) is 25.7 Å². The molecule has 0 radical (unpaired) electrons. The fourth-order valence-electron chi connectivity index (χ4n) is 3.43. The van der Waals surface area contributed by atoms with E-state index in [0.717, 1.165) is 36.7 Å². The minimum atomic E-state index is 0.0561. The number of aliphatic imine (C=N–C) groups is 1. The molecule has 2 aliphatic rings. The van der Waals surface area contributed by atoms with Crippen LogP contribution in [0.5, 0.6) is 11.5 Å². The number of nitrogens with two attached hydrogens (primary N) is 1. The van der Waals surface area contributed by atoms with Crippen LogP contribution in [0.2, 0.25) is 0 Å². The average Bonchev–Trinajstić information content (AvgIpc) is 3.12. The van der Waals surface area contributed by atoms with Gasteiger partial charge in [0.2, 0.25) is 6.79 Å². The fraction of sp³-hybridized carbons (Fsp3) is 0.611. The van der Waals surface area contributed by atoms with Gasteiger partial charge >= 0.3 is 0 Å². The lowest BCUT2D eigenvalue weighted by atomic mass is 9.81. The highest BCUT2D eigenvalue weighted by molar-refractivity contribution is 5.94. The van der Waals surface area contributed by atoms with Gasteiger partial charge in [-0.25, -0.2) is 0 Å². The predicted molar refractivity (Wildman–Crippen MR) is 98.1 cm³/mol. The molecule has 0 spiro atoms. The zero-order valence-corrected chi connectivity index (χ0v) is 14.5. The van der Waals surface area contributed by atoms with E-state index in [2.05, 4.69) is 10.6 Å². The molecule has 1 heterocycles. The molecule has 0 bridgehead atoms. The van der Waals surface area contributed by atoms with Gasteiger partial charge in [0.1, 0.15) is 0 Å². The number of benzene rings is 1. The van der Waals surface area contributed by atoms with Crippen molar-refractivity contribution in [1.29, 1.82) is 0 Å². The van der Waals surface area contributed by atoms with E-state index in [1.54, 1.807) is 0 Å². The number of guanidine groups is 1. The molecule has 138 valence electrons. The molecule has 7 heteroatoms. The van der Waals surface area contributed by atoms with Crippen molar-refractivity contribution in [3.05, 3.63) is 18.2 Å². The molecule has 7 nitrogen and oxygen atoms in total. The number of nitrogens with one attached hydrogen (secondary N) is 2. The summed E-state index contributed by atoms with van der Waals surface area (Å²) in [4.78, 5) is 4.71. The lowest BCUT2D eigenvalue weighted by Gasteiger charge is -2.27. The molecule has 1 aromatic rings. The van der Waals surface area contributed by atoms with Gasteiger partial charge in [-0.1, -0.05) is 6.42 Å². The maximum absolute atomic E-state index is 9.10. The molecular formula is C18H28N4O3. The summed E-state index contributed by atoms with van der Waals surface area (Å²) in [6, 6.07) is 5.69. The molecule has 1 aliphatic heterocycles. The molecule has 3 rings (SSSR count). The van der Waals surface area contributed by atoms with Crippen LogP contribution in [0.1, 0.15) is 25.7 Å². The molecule has 1 aliphatic carbocycles. The van der Waals surface area contributed by atoms with E-state index in [4.69, 9.17) is 25.3 Å². The van der Waals surface area contributed by atoms with Crippen LogP contribution in [0.4, 0.5) is 5.69 Å². The molecule has 0 saturated heterocycles. The average molecular weight is 348 g/mol. The quantitative estimate of drug-likeness (QED) is 0.459. The van der Waals surface area contributed by atoms with Crippen molar-refractivity contribution >= 4 is 11.6 Å². The van der Waals surface area contributed by atoms with Gasteiger partial charge in [-0.2, -0.15) is 0 Å². The molecule has 0 aromatic heterocycles.